The van der Waals surface area contributed by atoms with Gasteiger partial charge in [0.1, 0.15) is 12.3 Å². The van der Waals surface area contributed by atoms with Gasteiger partial charge in [0.2, 0.25) is 5.91 Å². The first-order chi connectivity index (χ1) is 12.9. The van der Waals surface area contributed by atoms with E-state index in [0.29, 0.717) is 23.4 Å². The van der Waals surface area contributed by atoms with Crippen molar-refractivity contribution in [2.75, 3.05) is 23.7 Å². The molecule has 0 radical (unpaired) electrons. The number of nitrogens with one attached hydrogen (secondary N) is 1. The molecule has 1 atom stereocenters. The topological polar surface area (TPSA) is 122 Å². The number of carbonyl (C=O) groups is 3. The van der Waals surface area contributed by atoms with Gasteiger partial charge in [-0.05, 0) is 37.5 Å². The summed E-state index contributed by atoms with van der Waals surface area (Å²) in [5.74, 6) is 5.54. The first kappa shape index (κ1) is 18.9. The normalized spacial score (nSPS) is 20.9. The summed E-state index contributed by atoms with van der Waals surface area (Å²) in [4.78, 5) is 36.6. The maximum atomic E-state index is 12.1. The molecule has 8 nitrogen and oxygen atoms in total. The second kappa shape index (κ2) is 7.79. The number of aldehydes is 1. The van der Waals surface area contributed by atoms with Crippen molar-refractivity contribution in [2.45, 2.75) is 31.7 Å². The maximum absolute atomic E-state index is 12.1. The molecule has 5 N–H and O–H groups in total. The van der Waals surface area contributed by atoms with Crippen molar-refractivity contribution in [3.63, 3.8) is 0 Å². The van der Waals surface area contributed by atoms with E-state index in [4.69, 9.17) is 11.6 Å². The molecule has 0 saturated carbocycles. The van der Waals surface area contributed by atoms with Crippen LogP contribution in [0.4, 0.5) is 11.4 Å². The standard InChI is InChI=1S/C19H25N5O3/c1-12(24(21)17-4-5-18(26)22-19(17)27)15-10-14(2-3-16(15)20)23-8-6-13(11-25)7-9-23/h2-3,10-11,13,17H,1,4-9,20-21H2,(H,22,26,27). The van der Waals surface area contributed by atoms with Crippen molar-refractivity contribution in [2.24, 2.45) is 11.8 Å². The van der Waals surface area contributed by atoms with E-state index in [9.17, 15) is 14.4 Å². The summed E-state index contributed by atoms with van der Waals surface area (Å²) >= 11 is 0. The van der Waals surface area contributed by atoms with E-state index in [1.165, 1.54) is 5.01 Å². The van der Waals surface area contributed by atoms with Gasteiger partial charge in [-0.25, -0.2) is 5.84 Å². The van der Waals surface area contributed by atoms with Crippen molar-refractivity contribution < 1.29 is 14.4 Å². The van der Waals surface area contributed by atoms with Crippen LogP contribution >= 0.6 is 0 Å². The van der Waals surface area contributed by atoms with Gasteiger partial charge in [-0.3, -0.25) is 19.9 Å². The average molecular weight is 371 g/mol. The maximum Gasteiger partial charge on any atom is 0.250 e. The third-order valence-electron chi connectivity index (χ3n) is 5.30. The second-order valence-corrected chi connectivity index (χ2v) is 7.05. The lowest BCUT2D eigenvalue weighted by molar-refractivity contribution is -0.136. The molecule has 3 rings (SSSR count). The number of nitrogen functional groups attached to an aromatic ring is 1. The molecule has 2 saturated heterocycles. The molecule has 0 aliphatic carbocycles. The number of piperidine rings is 2. The van der Waals surface area contributed by atoms with Gasteiger partial charge in [0.05, 0.1) is 5.70 Å². The molecule has 2 amide bonds. The molecule has 0 aromatic heterocycles. The Morgan fingerprint density at radius 3 is 2.59 bits per heavy atom. The fraction of sp³-hybridized carbons (Fsp3) is 0.421. The molecule has 8 heteroatoms. The lowest BCUT2D eigenvalue weighted by Gasteiger charge is -2.34. The Morgan fingerprint density at radius 1 is 1.26 bits per heavy atom. The molecule has 0 spiro atoms. The highest BCUT2D eigenvalue weighted by atomic mass is 16.2. The Hall–Kier alpha value is -2.87. The fourth-order valence-electron chi connectivity index (χ4n) is 3.56. The van der Waals surface area contributed by atoms with Gasteiger partial charge in [0.15, 0.2) is 0 Å². The Balaban J connectivity index is 1.77. The molecular weight excluding hydrogens is 346 g/mol. The summed E-state index contributed by atoms with van der Waals surface area (Å²) in [5.41, 5.74) is 8.68. The number of amides is 2. The number of hydrazine groups is 1. The van der Waals surface area contributed by atoms with Crippen LogP contribution in [-0.2, 0) is 14.4 Å². The van der Waals surface area contributed by atoms with E-state index in [0.717, 1.165) is 37.9 Å². The first-order valence-electron chi connectivity index (χ1n) is 9.07. The smallest absolute Gasteiger partial charge is 0.250 e. The minimum Gasteiger partial charge on any atom is -0.398 e. The molecule has 27 heavy (non-hydrogen) atoms. The zero-order chi connectivity index (χ0) is 19.6. The third-order valence-corrected chi connectivity index (χ3v) is 5.30. The summed E-state index contributed by atoms with van der Waals surface area (Å²) < 4.78 is 0. The van der Waals surface area contributed by atoms with Crippen LogP contribution in [0.5, 0.6) is 0 Å². The number of imide groups is 1. The molecule has 1 aromatic rings. The van der Waals surface area contributed by atoms with Crippen LogP contribution in [0.15, 0.2) is 24.8 Å². The molecule has 0 bridgehead atoms. The molecule has 2 aliphatic heterocycles. The van der Waals surface area contributed by atoms with Gasteiger partial charge in [-0.15, -0.1) is 0 Å². The zero-order valence-corrected chi connectivity index (χ0v) is 15.2. The number of rotatable bonds is 5. The number of carbonyl (C=O) groups excluding carboxylic acids is 3. The molecule has 2 heterocycles. The number of anilines is 2. The summed E-state index contributed by atoms with van der Waals surface area (Å²) in [6.45, 7) is 5.60. The van der Waals surface area contributed by atoms with Crippen LogP contribution < -0.4 is 21.8 Å². The molecule has 2 fully saturated rings. The van der Waals surface area contributed by atoms with Gasteiger partial charge in [0.25, 0.3) is 5.91 Å². The lowest BCUT2D eigenvalue weighted by Crippen LogP contribution is -2.54. The van der Waals surface area contributed by atoms with Gasteiger partial charge in [0, 0.05) is 42.4 Å². The first-order valence-corrected chi connectivity index (χ1v) is 9.07. The zero-order valence-electron chi connectivity index (χ0n) is 15.2. The van der Waals surface area contributed by atoms with Gasteiger partial charge in [-0.1, -0.05) is 6.58 Å². The SMILES string of the molecule is C=C(c1cc(N2CCC(C=O)CC2)ccc1N)N(N)C1CCC(=O)NC1=O. The van der Waals surface area contributed by atoms with Crippen molar-refractivity contribution >= 4 is 35.2 Å². The predicted molar refractivity (Wildman–Crippen MR) is 103 cm³/mol. The number of hydrogen-bond donors (Lipinski definition) is 3. The summed E-state index contributed by atoms with van der Waals surface area (Å²) in [6, 6.07) is 4.96. The van der Waals surface area contributed by atoms with E-state index in [1.54, 1.807) is 6.07 Å². The monoisotopic (exact) mass is 371 g/mol. The predicted octanol–water partition coefficient (Wildman–Crippen LogP) is 0.636. The number of hydrogen-bond acceptors (Lipinski definition) is 7. The molecule has 1 aromatic carbocycles. The van der Waals surface area contributed by atoms with E-state index in [-0.39, 0.29) is 18.2 Å². The van der Waals surface area contributed by atoms with E-state index < -0.39 is 11.9 Å². The summed E-state index contributed by atoms with van der Waals surface area (Å²) in [5, 5.41) is 3.58. The highest BCUT2D eigenvalue weighted by Gasteiger charge is 2.32. The third kappa shape index (κ3) is 3.95. The van der Waals surface area contributed by atoms with Crippen LogP contribution in [0.2, 0.25) is 0 Å². The van der Waals surface area contributed by atoms with Crippen molar-refractivity contribution in [3.8, 4) is 0 Å². The lowest BCUT2D eigenvalue weighted by atomic mass is 9.97. The second-order valence-electron chi connectivity index (χ2n) is 7.05. The van der Waals surface area contributed by atoms with E-state index in [2.05, 4.69) is 16.8 Å². The number of benzene rings is 1. The van der Waals surface area contributed by atoms with Crippen LogP contribution in [-0.4, -0.2) is 42.2 Å². The van der Waals surface area contributed by atoms with E-state index >= 15 is 0 Å². The van der Waals surface area contributed by atoms with Crippen LogP contribution in [0.25, 0.3) is 5.70 Å². The summed E-state index contributed by atoms with van der Waals surface area (Å²) in [6.07, 6.45) is 3.24. The van der Waals surface area contributed by atoms with Crippen molar-refractivity contribution in [3.05, 3.63) is 30.3 Å². The van der Waals surface area contributed by atoms with Crippen LogP contribution in [0.3, 0.4) is 0 Å². The van der Waals surface area contributed by atoms with Gasteiger partial charge < -0.3 is 15.4 Å². The Bertz CT molecular complexity index is 771. The molecular formula is C19H25N5O3. The summed E-state index contributed by atoms with van der Waals surface area (Å²) in [7, 11) is 0. The minimum atomic E-state index is -0.665. The quantitative estimate of drug-likeness (QED) is 0.228. The van der Waals surface area contributed by atoms with Crippen molar-refractivity contribution in [1.29, 1.82) is 0 Å². The largest absolute Gasteiger partial charge is 0.398 e. The Labute approximate surface area is 158 Å². The highest BCUT2D eigenvalue weighted by Crippen LogP contribution is 2.31. The highest BCUT2D eigenvalue weighted by molar-refractivity contribution is 6.00. The molecule has 2 aliphatic rings. The Kier molecular flexibility index (Phi) is 5.46. The van der Waals surface area contributed by atoms with Gasteiger partial charge >= 0.3 is 0 Å². The average Bonchev–Trinajstić information content (AvgIpc) is 2.67. The minimum absolute atomic E-state index is 0.122. The molecule has 144 valence electrons. The molecule has 1 unspecified atom stereocenters. The number of nitrogens with zero attached hydrogens (tertiary/aromatic N) is 2. The number of nitrogens with two attached hydrogens (primary N) is 2. The van der Waals surface area contributed by atoms with Gasteiger partial charge in [-0.2, -0.15) is 0 Å². The van der Waals surface area contributed by atoms with Crippen molar-refractivity contribution in [1.82, 2.24) is 10.3 Å². The van der Waals surface area contributed by atoms with E-state index in [1.807, 2.05) is 12.1 Å². The van der Waals surface area contributed by atoms with Crippen LogP contribution in [0.1, 0.15) is 31.2 Å². The fourth-order valence-corrected chi connectivity index (χ4v) is 3.56. The Morgan fingerprint density at radius 2 is 1.96 bits per heavy atom. The van der Waals surface area contributed by atoms with Crippen LogP contribution in [0, 0.1) is 5.92 Å².